The van der Waals surface area contributed by atoms with E-state index in [4.69, 9.17) is 33.2 Å². The lowest BCUT2D eigenvalue weighted by molar-refractivity contribution is -0.428. The summed E-state index contributed by atoms with van der Waals surface area (Å²) >= 11 is 0. The first kappa shape index (κ1) is 72.6. The zero-order valence-electron chi connectivity index (χ0n) is 27.6. The average Bonchev–Trinajstić information content (AvgIpc) is 2.96. The van der Waals surface area contributed by atoms with E-state index in [-0.39, 0.29) is 0 Å². The molecule has 0 aliphatic carbocycles. The molecule has 0 aliphatic heterocycles. The largest absolute Gasteiger partial charge is 0.701 e. The van der Waals surface area contributed by atoms with Crippen LogP contribution in [-0.4, -0.2) is 128 Å². The number of hydrogen-bond donors (Lipinski definition) is 6. The van der Waals surface area contributed by atoms with Crippen LogP contribution >= 0.6 is 24.8 Å². The van der Waals surface area contributed by atoms with Gasteiger partial charge in [-0.3, -0.25) is 9.11 Å². The number of rotatable bonds is 12. The Morgan fingerprint density at radius 2 is 0.470 bits per heavy atom. The van der Waals surface area contributed by atoms with Crippen LogP contribution in [-0.2, 0) is 43.0 Å². The van der Waals surface area contributed by atoms with Crippen molar-refractivity contribution < 1.29 is 209 Å². The summed E-state index contributed by atoms with van der Waals surface area (Å²) in [5.41, 5.74) is 0. The van der Waals surface area contributed by atoms with Gasteiger partial charge in [0.1, 0.15) is 0 Å². The molecule has 0 radical (unpaired) electrons. The van der Waals surface area contributed by atoms with Crippen molar-refractivity contribution in [1.29, 1.82) is 0 Å². The highest BCUT2D eigenvalue weighted by Crippen LogP contribution is 2.57. The molecule has 0 saturated carbocycles. The zero-order valence-corrected chi connectivity index (χ0v) is 31.9. The van der Waals surface area contributed by atoms with E-state index in [1.54, 1.807) is 0 Å². The molecule has 0 amide bonds. The molecule has 0 rings (SSSR count). The number of halogens is 32. The summed E-state index contributed by atoms with van der Waals surface area (Å²) in [6.07, 6.45) is -39.3. The highest BCUT2D eigenvalue weighted by atomic mass is 32.2. The Labute approximate surface area is 337 Å². The molecule has 0 bridgehead atoms. The highest BCUT2D eigenvalue weighted by Gasteiger charge is 2.87. The quantitative estimate of drug-likeness (QED) is 0.0605. The van der Waals surface area contributed by atoms with Crippen molar-refractivity contribution >= 4 is 45.0 Å². The monoisotopic (exact) mass is 1180 g/mol. The molecule has 0 saturated heterocycles. The van der Waals surface area contributed by atoms with Crippen LogP contribution in [0.25, 0.3) is 0 Å². The summed E-state index contributed by atoms with van der Waals surface area (Å²) in [5, 5.41) is -14.0. The van der Waals surface area contributed by atoms with Crippen molar-refractivity contribution in [3.63, 3.8) is 0 Å². The van der Waals surface area contributed by atoms with Gasteiger partial charge in [0.05, 0.1) is 0 Å². The molecule has 2 atom stereocenters. The SMILES string of the molecule is O=S(=O)(O)C(F)(F)C(F)(F)C(F)(F)C(F)(F)F.O=S(=O)(O)C(F)(F)C(F)(F)C(F)(F)C(F)(F)F.O=[P+](O)O.O=[P+](O)OC(F)(F)C(F)(F)C(F)(F)C(F)(F)F.O=[P+](O)OC(F)(F)C(F)(F)F. The van der Waals surface area contributed by atoms with Gasteiger partial charge in [-0.2, -0.15) is 157 Å². The fourth-order valence-corrected chi connectivity index (χ4v) is 3.23. The first-order valence-electron chi connectivity index (χ1n) is 12.1. The fourth-order valence-electron chi connectivity index (χ4n) is 1.71. The van der Waals surface area contributed by atoms with Crippen LogP contribution in [0.1, 0.15) is 0 Å². The predicted octanol–water partition coefficient (Wildman–Crippen LogP) is 9.11. The molecule has 0 spiro atoms. The van der Waals surface area contributed by atoms with Crippen LogP contribution < -0.4 is 0 Å². The van der Waals surface area contributed by atoms with Crippen molar-refractivity contribution in [3.8, 4) is 0 Å². The second-order valence-electron chi connectivity index (χ2n) is 9.37. The summed E-state index contributed by atoms with van der Waals surface area (Å²) in [6, 6.07) is 0. The zero-order chi connectivity index (χ0) is 56.1. The normalized spacial score (nSPS) is 15.3. The highest BCUT2D eigenvalue weighted by molar-refractivity contribution is 7.87. The van der Waals surface area contributed by atoms with Crippen LogP contribution in [0.5, 0.6) is 0 Å². The van der Waals surface area contributed by atoms with E-state index in [9.17, 15) is 166 Å². The summed E-state index contributed by atoms with van der Waals surface area (Å²) in [5.74, 6) is -43.6. The molecule has 52 heteroatoms. The van der Waals surface area contributed by atoms with Gasteiger partial charge >= 0.3 is 128 Å². The standard InChI is InChI=1S/C4F9O3P.2C4HF9O3S.C2F5O3P.HO3P/c5-1(6,3(9,10)11)2(7,8)4(12,13)16-17(14)15;2*5-1(6,3(9,10)11)2(7,8)4(12,13)17(14,15)16;3-1(4,5)2(6,7)10-11(8)9;1-4(2)3/h;2*(H,14,15,16);;(H-,1,2,3)/p+3. The maximum absolute atomic E-state index is 12.3. The molecule has 0 aromatic carbocycles. The van der Waals surface area contributed by atoms with Gasteiger partial charge in [-0.1, -0.05) is 0 Å². The molecule has 0 fully saturated rings. The minimum atomic E-state index is -7.37. The molecule has 0 aromatic heterocycles. The van der Waals surface area contributed by atoms with Crippen molar-refractivity contribution in [3.05, 3.63) is 0 Å². The minimum Gasteiger partial charge on any atom is -0.281 e. The Kier molecular flexibility index (Phi) is 23.9. The minimum absolute atomic E-state index is 2.19. The lowest BCUT2D eigenvalue weighted by Gasteiger charge is -2.31. The van der Waals surface area contributed by atoms with E-state index in [2.05, 4.69) is 9.05 Å². The summed E-state index contributed by atoms with van der Waals surface area (Å²) in [6.45, 7) is 0. The average molecular weight is 1180 g/mol. The lowest BCUT2D eigenvalue weighted by Crippen LogP contribution is -2.63. The molecule has 66 heavy (non-hydrogen) atoms. The molecule has 0 aromatic rings. The summed E-state index contributed by atoms with van der Waals surface area (Å²) in [4.78, 5) is 29.5. The third-order valence-corrected chi connectivity index (χ3v) is 7.29. The smallest absolute Gasteiger partial charge is 0.281 e. The van der Waals surface area contributed by atoms with Crippen LogP contribution in [0.15, 0.2) is 0 Å². The van der Waals surface area contributed by atoms with Gasteiger partial charge in [-0.05, 0) is 9.05 Å². The number of hydrogen-bond acceptors (Lipinski definition) is 9. The van der Waals surface area contributed by atoms with Crippen molar-refractivity contribution in [2.45, 2.75) is 83.0 Å². The summed E-state index contributed by atoms with van der Waals surface area (Å²) in [7, 11) is -25.7. The molecule has 2 unspecified atom stereocenters. The molecule has 6 N–H and O–H groups in total. The molecule has 400 valence electrons. The van der Waals surface area contributed by atoms with Gasteiger partial charge in [0.25, 0.3) is 0 Å². The fraction of sp³-hybridized carbons (Fsp3) is 1.00. The predicted molar refractivity (Wildman–Crippen MR) is 131 cm³/mol. The van der Waals surface area contributed by atoms with Crippen molar-refractivity contribution in [2.24, 2.45) is 0 Å². The molecular formula is C14H6F32O15P3S2+3. The van der Waals surface area contributed by atoms with E-state index in [1.807, 2.05) is 0 Å². The Bertz CT molecular complexity index is 1790. The molecule has 15 nitrogen and oxygen atoms in total. The van der Waals surface area contributed by atoms with Crippen LogP contribution in [0.3, 0.4) is 0 Å². The molecule has 0 heterocycles. The Balaban J connectivity index is -0.000000246. The van der Waals surface area contributed by atoms with Gasteiger partial charge in [0, 0.05) is 13.7 Å². The topological polar surface area (TPSA) is 259 Å². The van der Waals surface area contributed by atoms with E-state index in [1.165, 1.54) is 0 Å². The van der Waals surface area contributed by atoms with Gasteiger partial charge in [-0.25, -0.2) is 0 Å². The second-order valence-corrected chi connectivity index (χ2v) is 14.1. The van der Waals surface area contributed by atoms with Crippen LogP contribution in [0.2, 0.25) is 0 Å². The van der Waals surface area contributed by atoms with Crippen LogP contribution in [0, 0.1) is 0 Å². The maximum Gasteiger partial charge on any atom is 0.701 e. The van der Waals surface area contributed by atoms with E-state index < -0.39 is 128 Å². The first-order chi connectivity index (χ1) is 27.6. The van der Waals surface area contributed by atoms with Crippen molar-refractivity contribution in [2.75, 3.05) is 0 Å². The van der Waals surface area contributed by atoms with E-state index in [0.717, 1.165) is 0 Å². The van der Waals surface area contributed by atoms with Gasteiger partial charge in [-0.15, -0.1) is 19.6 Å². The van der Waals surface area contributed by atoms with Gasteiger partial charge in [0.15, 0.2) is 0 Å². The van der Waals surface area contributed by atoms with Gasteiger partial charge in [0.2, 0.25) is 0 Å². The Hall–Kier alpha value is -2.36. The summed E-state index contributed by atoms with van der Waals surface area (Å²) < 4.78 is 464. The maximum atomic E-state index is 12.3. The van der Waals surface area contributed by atoms with E-state index in [0.29, 0.717) is 0 Å². The molecular weight excluding hydrogens is 1170 g/mol. The third kappa shape index (κ3) is 16.9. The third-order valence-electron chi connectivity index (χ3n) is 4.71. The Morgan fingerprint density at radius 3 is 0.591 bits per heavy atom. The second kappa shape index (κ2) is 21.7. The van der Waals surface area contributed by atoms with E-state index >= 15 is 0 Å². The Morgan fingerprint density at radius 1 is 0.303 bits per heavy atom. The van der Waals surface area contributed by atoms with Crippen molar-refractivity contribution in [1.82, 2.24) is 0 Å². The lowest BCUT2D eigenvalue weighted by atomic mass is 10.1. The van der Waals surface area contributed by atoms with Gasteiger partial charge < -0.3 is 0 Å². The first-order valence-corrected chi connectivity index (χ1v) is 18.4. The van der Waals surface area contributed by atoms with Crippen LogP contribution in [0.4, 0.5) is 140 Å². The molecule has 0 aliphatic rings. The number of alkyl halides is 32.